The highest BCUT2D eigenvalue weighted by Crippen LogP contribution is 2.27. The van der Waals surface area contributed by atoms with Crippen molar-refractivity contribution in [3.63, 3.8) is 0 Å². The van der Waals surface area contributed by atoms with E-state index in [0.717, 1.165) is 24.9 Å². The van der Waals surface area contributed by atoms with Gasteiger partial charge in [0.15, 0.2) is 5.75 Å². The summed E-state index contributed by atoms with van der Waals surface area (Å²) in [4.78, 5) is 10.5. The second-order valence-corrected chi connectivity index (χ2v) is 4.87. The largest absolute Gasteiger partial charge is 0.490 e. The number of benzene rings is 1. The predicted octanol–water partition coefficient (Wildman–Crippen LogP) is 2.10. The molecule has 6 heteroatoms. The number of methoxy groups -OCH3 is 1. The van der Waals surface area contributed by atoms with Crippen LogP contribution in [0.4, 0.5) is 5.69 Å². The van der Waals surface area contributed by atoms with Crippen LogP contribution in [0.2, 0.25) is 0 Å². The zero-order chi connectivity index (χ0) is 15.0. The fourth-order valence-corrected chi connectivity index (χ4v) is 1.89. The second kappa shape index (κ2) is 8.50. The van der Waals surface area contributed by atoms with Gasteiger partial charge < -0.3 is 15.2 Å². The van der Waals surface area contributed by atoms with Crippen LogP contribution >= 0.6 is 0 Å². The SMILES string of the molecule is COc1ccc(CNCCCC(C)CO)cc1[N+](=O)[O-]. The Morgan fingerprint density at radius 1 is 1.50 bits per heavy atom. The Labute approximate surface area is 118 Å². The molecule has 0 saturated heterocycles. The number of nitro groups is 1. The minimum Gasteiger partial charge on any atom is -0.490 e. The Morgan fingerprint density at radius 3 is 2.85 bits per heavy atom. The van der Waals surface area contributed by atoms with Crippen LogP contribution in [-0.2, 0) is 6.54 Å². The first-order chi connectivity index (χ1) is 9.58. The van der Waals surface area contributed by atoms with Gasteiger partial charge in [-0.3, -0.25) is 10.1 Å². The number of aliphatic hydroxyl groups excluding tert-OH is 1. The van der Waals surface area contributed by atoms with E-state index in [1.54, 1.807) is 6.07 Å². The number of hydrogen-bond acceptors (Lipinski definition) is 5. The van der Waals surface area contributed by atoms with E-state index in [2.05, 4.69) is 5.32 Å². The minimum atomic E-state index is -0.439. The van der Waals surface area contributed by atoms with Crippen LogP contribution in [0.25, 0.3) is 0 Å². The van der Waals surface area contributed by atoms with Gasteiger partial charge in [0.05, 0.1) is 12.0 Å². The number of hydrogen-bond donors (Lipinski definition) is 2. The van der Waals surface area contributed by atoms with Crippen molar-refractivity contribution in [2.24, 2.45) is 5.92 Å². The van der Waals surface area contributed by atoms with Crippen molar-refractivity contribution in [1.29, 1.82) is 0 Å². The summed E-state index contributed by atoms with van der Waals surface area (Å²) in [6.07, 6.45) is 1.94. The van der Waals surface area contributed by atoms with E-state index in [4.69, 9.17) is 9.84 Å². The molecule has 0 fully saturated rings. The molecule has 2 N–H and O–H groups in total. The quantitative estimate of drug-likeness (QED) is 0.411. The average Bonchev–Trinajstić information content (AvgIpc) is 2.46. The summed E-state index contributed by atoms with van der Waals surface area (Å²) >= 11 is 0. The zero-order valence-corrected chi connectivity index (χ0v) is 12.0. The van der Waals surface area contributed by atoms with E-state index < -0.39 is 4.92 Å². The molecule has 0 radical (unpaired) electrons. The number of aliphatic hydroxyl groups is 1. The third-order valence-corrected chi connectivity index (χ3v) is 3.13. The molecule has 0 aliphatic heterocycles. The molecule has 0 heterocycles. The van der Waals surface area contributed by atoms with E-state index in [1.807, 2.05) is 13.0 Å². The maximum atomic E-state index is 10.9. The van der Waals surface area contributed by atoms with Crippen molar-refractivity contribution < 1.29 is 14.8 Å². The third-order valence-electron chi connectivity index (χ3n) is 3.13. The molecule has 112 valence electrons. The van der Waals surface area contributed by atoms with Gasteiger partial charge in [-0.05, 0) is 36.9 Å². The minimum absolute atomic E-state index is 0.0132. The molecule has 0 amide bonds. The van der Waals surface area contributed by atoms with E-state index in [9.17, 15) is 10.1 Å². The fourth-order valence-electron chi connectivity index (χ4n) is 1.89. The summed E-state index contributed by atoms with van der Waals surface area (Å²) in [7, 11) is 1.42. The van der Waals surface area contributed by atoms with E-state index in [1.165, 1.54) is 13.2 Å². The Bertz CT molecular complexity index is 437. The molecule has 1 aromatic rings. The van der Waals surface area contributed by atoms with Crippen molar-refractivity contribution in [2.75, 3.05) is 20.3 Å². The highest BCUT2D eigenvalue weighted by Gasteiger charge is 2.14. The third kappa shape index (κ3) is 5.14. The predicted molar refractivity (Wildman–Crippen MR) is 76.8 cm³/mol. The maximum Gasteiger partial charge on any atom is 0.311 e. The molecule has 6 nitrogen and oxygen atoms in total. The smallest absolute Gasteiger partial charge is 0.311 e. The van der Waals surface area contributed by atoms with Crippen molar-refractivity contribution in [3.05, 3.63) is 33.9 Å². The standard InChI is InChI=1S/C14H22N2O4/c1-11(10-17)4-3-7-15-9-12-5-6-14(20-2)13(8-12)16(18)19/h5-6,8,11,15,17H,3-4,7,9-10H2,1-2H3. The molecular weight excluding hydrogens is 260 g/mol. The van der Waals surface area contributed by atoms with Gasteiger partial charge in [0.1, 0.15) is 0 Å². The fraction of sp³-hybridized carbons (Fsp3) is 0.571. The number of nitro benzene ring substituents is 1. The van der Waals surface area contributed by atoms with Gasteiger partial charge in [-0.15, -0.1) is 0 Å². The highest BCUT2D eigenvalue weighted by atomic mass is 16.6. The Balaban J connectivity index is 2.44. The van der Waals surface area contributed by atoms with Gasteiger partial charge in [-0.25, -0.2) is 0 Å². The number of nitrogens with zero attached hydrogens (tertiary/aromatic N) is 1. The summed E-state index contributed by atoms with van der Waals surface area (Å²) in [5, 5.41) is 23.0. The van der Waals surface area contributed by atoms with E-state index >= 15 is 0 Å². The van der Waals surface area contributed by atoms with Crippen molar-refractivity contribution in [2.45, 2.75) is 26.3 Å². The normalized spacial score (nSPS) is 12.2. The van der Waals surface area contributed by atoms with Crippen LogP contribution < -0.4 is 10.1 Å². The number of ether oxygens (including phenoxy) is 1. The first kappa shape index (κ1) is 16.4. The number of rotatable bonds is 9. The zero-order valence-electron chi connectivity index (χ0n) is 12.0. The van der Waals surface area contributed by atoms with Gasteiger partial charge in [0.2, 0.25) is 0 Å². The monoisotopic (exact) mass is 282 g/mol. The van der Waals surface area contributed by atoms with Crippen LogP contribution in [0.1, 0.15) is 25.3 Å². The van der Waals surface area contributed by atoms with Gasteiger partial charge in [-0.2, -0.15) is 0 Å². The molecule has 1 rings (SSSR count). The molecule has 0 spiro atoms. The van der Waals surface area contributed by atoms with Crippen molar-refractivity contribution in [1.82, 2.24) is 5.32 Å². The van der Waals surface area contributed by atoms with Crippen LogP contribution in [0.5, 0.6) is 5.75 Å². The molecule has 0 aliphatic carbocycles. The summed E-state index contributed by atoms with van der Waals surface area (Å²) in [6.45, 7) is 3.63. The lowest BCUT2D eigenvalue weighted by atomic mass is 10.1. The summed E-state index contributed by atoms with van der Waals surface area (Å²) < 4.78 is 4.96. The first-order valence-electron chi connectivity index (χ1n) is 6.71. The molecule has 20 heavy (non-hydrogen) atoms. The summed E-state index contributed by atoms with van der Waals surface area (Å²) in [5.41, 5.74) is 0.841. The molecule has 1 atom stereocenters. The second-order valence-electron chi connectivity index (χ2n) is 4.87. The lowest BCUT2D eigenvalue weighted by Gasteiger charge is -2.09. The van der Waals surface area contributed by atoms with E-state index in [0.29, 0.717) is 12.5 Å². The van der Waals surface area contributed by atoms with E-state index in [-0.39, 0.29) is 18.0 Å². The Kier molecular flexibility index (Phi) is 6.97. The molecule has 0 saturated carbocycles. The van der Waals surface area contributed by atoms with Gasteiger partial charge >= 0.3 is 5.69 Å². The van der Waals surface area contributed by atoms with Crippen molar-refractivity contribution in [3.8, 4) is 5.75 Å². The van der Waals surface area contributed by atoms with Gasteiger partial charge in [-0.1, -0.05) is 13.0 Å². The van der Waals surface area contributed by atoms with Crippen LogP contribution in [-0.4, -0.2) is 30.3 Å². The molecule has 0 aromatic heterocycles. The maximum absolute atomic E-state index is 10.9. The van der Waals surface area contributed by atoms with Crippen LogP contribution in [0, 0.1) is 16.0 Å². The van der Waals surface area contributed by atoms with Crippen molar-refractivity contribution >= 4 is 5.69 Å². The molecule has 1 aromatic carbocycles. The van der Waals surface area contributed by atoms with Gasteiger partial charge in [0.25, 0.3) is 0 Å². The lowest BCUT2D eigenvalue weighted by molar-refractivity contribution is -0.385. The molecule has 0 aliphatic rings. The number of nitrogens with one attached hydrogen (secondary N) is 1. The summed E-state index contributed by atoms with van der Waals surface area (Å²) in [5.74, 6) is 0.592. The first-order valence-corrected chi connectivity index (χ1v) is 6.71. The average molecular weight is 282 g/mol. The topological polar surface area (TPSA) is 84.6 Å². The van der Waals surface area contributed by atoms with Crippen LogP contribution in [0.15, 0.2) is 18.2 Å². The molecular formula is C14H22N2O4. The summed E-state index contributed by atoms with van der Waals surface area (Å²) in [6, 6.07) is 4.96. The Morgan fingerprint density at radius 2 is 2.25 bits per heavy atom. The highest BCUT2D eigenvalue weighted by molar-refractivity contribution is 5.48. The molecule has 0 bridgehead atoms. The molecule has 1 unspecified atom stereocenters. The Hall–Kier alpha value is -1.66. The van der Waals surface area contributed by atoms with Gasteiger partial charge in [0, 0.05) is 19.2 Å². The lowest BCUT2D eigenvalue weighted by Crippen LogP contribution is -2.16. The van der Waals surface area contributed by atoms with Crippen LogP contribution in [0.3, 0.4) is 0 Å².